The highest BCUT2D eigenvalue weighted by Crippen LogP contribution is 2.33. The van der Waals surface area contributed by atoms with Crippen molar-refractivity contribution < 1.29 is 23.5 Å². The van der Waals surface area contributed by atoms with Crippen molar-refractivity contribution in [3.8, 4) is 0 Å². The molecule has 1 aliphatic carbocycles. The summed E-state index contributed by atoms with van der Waals surface area (Å²) in [6, 6.07) is 14.8. The van der Waals surface area contributed by atoms with Crippen LogP contribution in [0.25, 0.3) is 11.0 Å². The number of nitrogens with one attached hydrogen (secondary N) is 1. The van der Waals surface area contributed by atoms with Crippen molar-refractivity contribution >= 4 is 52.1 Å². The van der Waals surface area contributed by atoms with Crippen molar-refractivity contribution in [2.24, 2.45) is 5.92 Å². The van der Waals surface area contributed by atoms with Crippen LogP contribution in [-0.2, 0) is 20.1 Å². The largest absolute Gasteiger partial charge is 0.450 e. The quantitative estimate of drug-likeness (QED) is 0.338. The SMILES string of the molecule is O=C(COC(=O)c1oc2ccccc2c1CSc1ccc(Cl)cc1)NC(=O)C1CCCCC1. The Hall–Kier alpha value is -2.77. The molecular weight excluding hydrogens is 462 g/mol. The number of halogens is 1. The van der Waals surface area contributed by atoms with E-state index in [-0.39, 0.29) is 17.6 Å². The first-order valence-corrected chi connectivity index (χ1v) is 12.3. The fourth-order valence-corrected chi connectivity index (χ4v) is 4.98. The number of para-hydroxylation sites is 1. The normalized spacial score (nSPS) is 14.2. The van der Waals surface area contributed by atoms with E-state index in [0.29, 0.717) is 21.9 Å². The predicted molar refractivity (Wildman–Crippen MR) is 127 cm³/mol. The van der Waals surface area contributed by atoms with Gasteiger partial charge in [0.05, 0.1) is 0 Å². The van der Waals surface area contributed by atoms with Crippen LogP contribution in [0.2, 0.25) is 5.02 Å². The van der Waals surface area contributed by atoms with Gasteiger partial charge in [0.15, 0.2) is 6.61 Å². The first kappa shape index (κ1) is 23.4. The minimum absolute atomic E-state index is 0.0593. The Labute approximate surface area is 201 Å². The van der Waals surface area contributed by atoms with Gasteiger partial charge in [-0.2, -0.15) is 0 Å². The number of hydrogen-bond acceptors (Lipinski definition) is 6. The minimum Gasteiger partial charge on any atom is -0.450 e. The standard InChI is InChI=1S/C25H24ClNO5S/c26-17-10-12-18(13-11-17)33-15-20-19-8-4-5-9-21(19)32-23(20)25(30)31-14-22(28)27-24(29)16-6-2-1-3-7-16/h4-5,8-13,16H,1-3,6-7,14-15H2,(H,27,28,29). The van der Waals surface area contributed by atoms with E-state index in [9.17, 15) is 14.4 Å². The predicted octanol–water partition coefficient (Wildman–Crippen LogP) is 5.76. The summed E-state index contributed by atoms with van der Waals surface area (Å²) in [6.07, 6.45) is 4.67. The smallest absolute Gasteiger partial charge is 0.375 e. The van der Waals surface area contributed by atoms with Gasteiger partial charge in [-0.25, -0.2) is 4.79 Å². The maximum atomic E-state index is 12.8. The second-order valence-electron chi connectivity index (χ2n) is 7.97. The number of carbonyl (C=O) groups is 3. The van der Waals surface area contributed by atoms with Gasteiger partial charge < -0.3 is 9.15 Å². The number of ether oxygens (including phenoxy) is 1. The molecule has 1 saturated carbocycles. The number of amides is 2. The number of carbonyl (C=O) groups excluding carboxylic acids is 3. The van der Waals surface area contributed by atoms with E-state index >= 15 is 0 Å². The lowest BCUT2D eigenvalue weighted by atomic mass is 9.89. The van der Waals surface area contributed by atoms with E-state index in [1.54, 1.807) is 18.2 Å². The molecule has 0 aliphatic heterocycles. The molecule has 4 rings (SSSR count). The van der Waals surface area contributed by atoms with Gasteiger partial charge in [0.2, 0.25) is 11.7 Å². The summed E-state index contributed by atoms with van der Waals surface area (Å²) in [6.45, 7) is -0.544. The average Bonchev–Trinajstić information content (AvgIpc) is 3.21. The number of hydrogen-bond donors (Lipinski definition) is 1. The monoisotopic (exact) mass is 485 g/mol. The molecule has 1 fully saturated rings. The molecule has 0 saturated heterocycles. The number of rotatable bonds is 7. The van der Waals surface area contributed by atoms with Gasteiger partial charge in [0.1, 0.15) is 5.58 Å². The maximum Gasteiger partial charge on any atom is 0.375 e. The van der Waals surface area contributed by atoms with E-state index in [2.05, 4.69) is 5.32 Å². The molecule has 2 amide bonds. The third kappa shape index (κ3) is 5.97. The van der Waals surface area contributed by atoms with E-state index < -0.39 is 18.5 Å². The van der Waals surface area contributed by atoms with Gasteiger partial charge in [0.25, 0.3) is 5.91 Å². The zero-order chi connectivity index (χ0) is 23.2. The minimum atomic E-state index is -0.738. The molecule has 2 aromatic carbocycles. The molecule has 0 radical (unpaired) electrons. The van der Waals surface area contributed by atoms with Gasteiger partial charge in [-0.15, -0.1) is 11.8 Å². The van der Waals surface area contributed by atoms with Crippen molar-refractivity contribution in [1.82, 2.24) is 5.32 Å². The third-order valence-corrected chi connectivity index (χ3v) is 6.94. The van der Waals surface area contributed by atoms with E-state index in [1.165, 1.54) is 11.8 Å². The Morgan fingerprint density at radius 3 is 2.52 bits per heavy atom. The zero-order valence-electron chi connectivity index (χ0n) is 18.0. The Kier molecular flexibility index (Phi) is 7.73. The Balaban J connectivity index is 1.41. The first-order valence-electron chi connectivity index (χ1n) is 10.9. The summed E-state index contributed by atoms with van der Waals surface area (Å²) in [5.41, 5.74) is 1.25. The highest BCUT2D eigenvalue weighted by molar-refractivity contribution is 7.98. The topological polar surface area (TPSA) is 85.6 Å². The molecule has 1 aliphatic rings. The molecule has 1 N–H and O–H groups in total. The number of benzene rings is 2. The Bertz CT molecular complexity index is 1150. The zero-order valence-corrected chi connectivity index (χ0v) is 19.5. The molecule has 6 nitrogen and oxygen atoms in total. The van der Waals surface area contributed by atoms with Crippen LogP contribution in [0.5, 0.6) is 0 Å². The van der Waals surface area contributed by atoms with Gasteiger partial charge in [0, 0.05) is 32.5 Å². The lowest BCUT2D eigenvalue weighted by molar-refractivity contribution is -0.135. The molecule has 8 heteroatoms. The molecule has 0 spiro atoms. The van der Waals surface area contributed by atoms with E-state index in [0.717, 1.165) is 42.4 Å². The number of fused-ring (bicyclic) bond motifs is 1. The lowest BCUT2D eigenvalue weighted by Crippen LogP contribution is -2.38. The Morgan fingerprint density at radius 2 is 1.76 bits per heavy atom. The van der Waals surface area contributed by atoms with Crippen LogP contribution in [0.1, 0.15) is 48.2 Å². The van der Waals surface area contributed by atoms with Crippen LogP contribution in [0.4, 0.5) is 0 Å². The third-order valence-electron chi connectivity index (χ3n) is 5.65. The van der Waals surface area contributed by atoms with Crippen LogP contribution in [0.15, 0.2) is 57.8 Å². The van der Waals surface area contributed by atoms with Crippen LogP contribution in [0.3, 0.4) is 0 Å². The second-order valence-corrected chi connectivity index (χ2v) is 9.46. The van der Waals surface area contributed by atoms with Crippen molar-refractivity contribution in [3.05, 3.63) is 64.9 Å². The number of thioether (sulfide) groups is 1. The Morgan fingerprint density at radius 1 is 1.03 bits per heavy atom. The molecule has 3 aromatic rings. The highest BCUT2D eigenvalue weighted by atomic mass is 35.5. The van der Waals surface area contributed by atoms with Crippen molar-refractivity contribution in [2.45, 2.75) is 42.8 Å². The van der Waals surface area contributed by atoms with E-state index in [4.69, 9.17) is 20.8 Å². The molecule has 0 atom stereocenters. The first-order chi connectivity index (χ1) is 16.0. The van der Waals surface area contributed by atoms with Crippen molar-refractivity contribution in [1.29, 1.82) is 0 Å². The summed E-state index contributed by atoms with van der Waals surface area (Å²) in [4.78, 5) is 38.2. The molecule has 1 aromatic heterocycles. The molecular formula is C25H24ClNO5S. The fourth-order valence-electron chi connectivity index (χ4n) is 3.93. The fraction of sp³-hybridized carbons (Fsp3) is 0.320. The molecule has 0 bridgehead atoms. The van der Waals surface area contributed by atoms with Gasteiger partial charge in [-0.1, -0.05) is 49.1 Å². The lowest BCUT2D eigenvalue weighted by Gasteiger charge is -2.20. The summed E-state index contributed by atoms with van der Waals surface area (Å²) < 4.78 is 11.0. The van der Waals surface area contributed by atoms with Crippen molar-refractivity contribution in [2.75, 3.05) is 6.61 Å². The summed E-state index contributed by atoms with van der Waals surface area (Å²) in [5, 5.41) is 3.81. The van der Waals surface area contributed by atoms with Gasteiger partial charge in [-0.05, 0) is 43.2 Å². The van der Waals surface area contributed by atoms with Crippen LogP contribution in [0, 0.1) is 5.92 Å². The molecule has 33 heavy (non-hydrogen) atoms. The summed E-state index contributed by atoms with van der Waals surface area (Å²) in [5.74, 6) is -1.28. The maximum absolute atomic E-state index is 12.8. The highest BCUT2D eigenvalue weighted by Gasteiger charge is 2.25. The van der Waals surface area contributed by atoms with Crippen molar-refractivity contribution in [3.63, 3.8) is 0 Å². The van der Waals surface area contributed by atoms with Gasteiger partial charge >= 0.3 is 5.97 Å². The number of esters is 1. The summed E-state index contributed by atoms with van der Waals surface area (Å²) in [7, 11) is 0. The average molecular weight is 486 g/mol. The number of imide groups is 1. The molecule has 172 valence electrons. The van der Waals surface area contributed by atoms with Crippen LogP contribution >= 0.6 is 23.4 Å². The van der Waals surface area contributed by atoms with E-state index in [1.807, 2.05) is 30.3 Å². The second kappa shape index (κ2) is 10.9. The van der Waals surface area contributed by atoms with Crippen LogP contribution in [-0.4, -0.2) is 24.4 Å². The number of furan rings is 1. The summed E-state index contributed by atoms with van der Waals surface area (Å²) >= 11 is 7.48. The molecule has 1 heterocycles. The van der Waals surface area contributed by atoms with Crippen LogP contribution < -0.4 is 5.32 Å². The molecule has 0 unspecified atom stereocenters. The van der Waals surface area contributed by atoms with Gasteiger partial charge in [-0.3, -0.25) is 14.9 Å².